The molecule has 2 atom stereocenters. The molecule has 23 heavy (non-hydrogen) atoms. The van der Waals surface area contributed by atoms with Crippen LogP contribution in [0.3, 0.4) is 0 Å². The van der Waals surface area contributed by atoms with E-state index in [9.17, 15) is 4.79 Å². The minimum absolute atomic E-state index is 0.0135. The monoisotopic (exact) mass is 319 g/mol. The van der Waals surface area contributed by atoms with Crippen LogP contribution in [0.25, 0.3) is 0 Å². The topological polar surface area (TPSA) is 42.8 Å². The molecule has 0 bridgehead atoms. The molecule has 0 aliphatic carbocycles. The van der Waals surface area contributed by atoms with Crippen LogP contribution in [-0.2, 0) is 11.2 Å². The van der Waals surface area contributed by atoms with E-state index in [0.717, 1.165) is 50.2 Å². The van der Waals surface area contributed by atoms with Gasteiger partial charge in [-0.15, -0.1) is 0 Å². The van der Waals surface area contributed by atoms with Gasteiger partial charge in [-0.3, -0.25) is 4.79 Å². The highest BCUT2D eigenvalue weighted by atomic mass is 16.5. The van der Waals surface area contributed by atoms with E-state index in [1.807, 2.05) is 12.1 Å². The van der Waals surface area contributed by atoms with Crippen molar-refractivity contribution in [1.29, 1.82) is 0 Å². The molecular weight excluding hydrogens is 288 g/mol. The Bertz CT molecular complexity index is 526. The maximum Gasteiger partial charge on any atom is 0.282 e. The van der Waals surface area contributed by atoms with Crippen LogP contribution in [0.4, 0.5) is 5.69 Å². The van der Waals surface area contributed by atoms with Crippen molar-refractivity contribution in [2.45, 2.75) is 65.5 Å². The van der Waals surface area contributed by atoms with E-state index in [0.29, 0.717) is 0 Å². The highest BCUT2D eigenvalue weighted by Crippen LogP contribution is 2.36. The molecule has 0 aromatic heterocycles. The lowest BCUT2D eigenvalue weighted by Crippen LogP contribution is -3.16. The summed E-state index contributed by atoms with van der Waals surface area (Å²) in [7, 11) is 0. The highest BCUT2D eigenvalue weighted by Gasteiger charge is 2.29. The van der Waals surface area contributed by atoms with Gasteiger partial charge in [0.15, 0.2) is 6.04 Å². The minimum atomic E-state index is 0.0135. The Morgan fingerprint density at radius 1 is 1.35 bits per heavy atom. The number of unbranched alkanes of at least 4 members (excludes halogenated alkanes) is 1. The Morgan fingerprint density at radius 2 is 2.09 bits per heavy atom. The summed E-state index contributed by atoms with van der Waals surface area (Å²) in [6.45, 7) is 10.5. The van der Waals surface area contributed by atoms with E-state index >= 15 is 0 Å². The van der Waals surface area contributed by atoms with Crippen LogP contribution >= 0.6 is 0 Å². The molecule has 1 aliphatic heterocycles. The zero-order chi connectivity index (χ0) is 16.8. The molecule has 2 N–H and O–H groups in total. The van der Waals surface area contributed by atoms with E-state index in [-0.39, 0.29) is 18.1 Å². The lowest BCUT2D eigenvalue weighted by molar-refractivity contribution is -0.912. The van der Waals surface area contributed by atoms with Gasteiger partial charge >= 0.3 is 0 Å². The molecular formula is C19H31N2O2+. The first-order valence-corrected chi connectivity index (χ1v) is 9.04. The number of ether oxygens (including phenoxy) is 1. The number of quaternary nitrogens is 1. The number of carbonyl (C=O) groups excluding carboxylic acids is 1. The van der Waals surface area contributed by atoms with Crippen molar-refractivity contribution in [3.63, 3.8) is 0 Å². The number of carbonyl (C=O) groups is 1. The Morgan fingerprint density at radius 3 is 2.74 bits per heavy atom. The lowest BCUT2D eigenvalue weighted by Gasteiger charge is -2.26. The summed E-state index contributed by atoms with van der Waals surface area (Å²) >= 11 is 0. The fraction of sp³-hybridized carbons (Fsp3) is 0.632. The van der Waals surface area contributed by atoms with Crippen LogP contribution < -0.4 is 15.0 Å². The minimum Gasteiger partial charge on any atom is -0.488 e. The fourth-order valence-electron chi connectivity index (χ4n) is 3.43. The van der Waals surface area contributed by atoms with Gasteiger partial charge in [-0.05, 0) is 38.8 Å². The van der Waals surface area contributed by atoms with Gasteiger partial charge in [-0.2, -0.15) is 0 Å². The number of hydrogen-bond donors (Lipinski definition) is 2. The van der Waals surface area contributed by atoms with E-state index in [1.54, 1.807) is 0 Å². The second-order valence-electron chi connectivity index (χ2n) is 6.48. The number of nitrogens with one attached hydrogen (secondary N) is 2. The molecule has 1 aromatic rings. The smallest absolute Gasteiger partial charge is 0.282 e. The van der Waals surface area contributed by atoms with Crippen molar-refractivity contribution in [2.75, 3.05) is 18.4 Å². The molecule has 0 spiro atoms. The largest absolute Gasteiger partial charge is 0.488 e. The van der Waals surface area contributed by atoms with E-state index < -0.39 is 0 Å². The van der Waals surface area contributed by atoms with Gasteiger partial charge in [0.2, 0.25) is 0 Å². The number of anilines is 1. The average molecular weight is 319 g/mol. The van der Waals surface area contributed by atoms with Crippen LogP contribution in [0.1, 0.15) is 52.5 Å². The second-order valence-corrected chi connectivity index (χ2v) is 6.48. The van der Waals surface area contributed by atoms with Crippen molar-refractivity contribution in [3.05, 3.63) is 23.8 Å². The van der Waals surface area contributed by atoms with Gasteiger partial charge in [0.25, 0.3) is 5.91 Å². The highest BCUT2D eigenvalue weighted by molar-refractivity contribution is 5.95. The number of hydrogen-bond acceptors (Lipinski definition) is 2. The molecule has 1 aromatic carbocycles. The quantitative estimate of drug-likeness (QED) is 0.773. The van der Waals surface area contributed by atoms with Crippen LogP contribution in [0.5, 0.6) is 5.75 Å². The SMILES string of the molecule is CCCC[C@H](C(=O)Nc1cccc2c1O[C@H](C)C2)[NH+](CC)CC. The van der Waals surface area contributed by atoms with Crippen LogP contribution in [0, 0.1) is 0 Å². The Kier molecular flexibility index (Phi) is 6.46. The third-order valence-corrected chi connectivity index (χ3v) is 4.74. The van der Waals surface area contributed by atoms with Crippen molar-refractivity contribution >= 4 is 11.6 Å². The molecule has 1 aliphatic rings. The Hall–Kier alpha value is -1.55. The Balaban J connectivity index is 2.14. The first-order chi connectivity index (χ1) is 11.1. The summed E-state index contributed by atoms with van der Waals surface area (Å²) in [5.74, 6) is 0.978. The first kappa shape index (κ1) is 17.8. The van der Waals surface area contributed by atoms with Crippen molar-refractivity contribution in [3.8, 4) is 5.75 Å². The number of rotatable bonds is 8. The van der Waals surface area contributed by atoms with Gasteiger partial charge in [-0.25, -0.2) is 0 Å². The molecule has 4 nitrogen and oxygen atoms in total. The number of fused-ring (bicyclic) bond motifs is 1. The van der Waals surface area contributed by atoms with Crippen molar-refractivity contribution in [1.82, 2.24) is 0 Å². The van der Waals surface area contributed by atoms with E-state index in [4.69, 9.17) is 4.74 Å². The molecule has 1 amide bonds. The normalized spacial score (nSPS) is 17.7. The fourth-order valence-corrected chi connectivity index (χ4v) is 3.43. The van der Waals surface area contributed by atoms with Gasteiger partial charge in [0.05, 0.1) is 18.8 Å². The third-order valence-electron chi connectivity index (χ3n) is 4.74. The molecule has 1 heterocycles. The molecule has 0 unspecified atom stereocenters. The molecule has 2 rings (SSSR count). The summed E-state index contributed by atoms with van der Waals surface area (Å²) in [5, 5.41) is 3.14. The van der Waals surface area contributed by atoms with Crippen molar-refractivity contribution < 1.29 is 14.4 Å². The van der Waals surface area contributed by atoms with Crippen LogP contribution in [-0.4, -0.2) is 31.1 Å². The van der Waals surface area contributed by atoms with Crippen LogP contribution in [0.15, 0.2) is 18.2 Å². The van der Waals surface area contributed by atoms with Gasteiger partial charge < -0.3 is 15.0 Å². The molecule has 0 saturated carbocycles. The lowest BCUT2D eigenvalue weighted by atomic mass is 10.1. The zero-order valence-electron chi connectivity index (χ0n) is 14.9. The molecule has 128 valence electrons. The van der Waals surface area contributed by atoms with E-state index in [1.165, 1.54) is 10.5 Å². The Labute approximate surface area is 140 Å². The number of para-hydroxylation sites is 1. The maximum absolute atomic E-state index is 12.9. The number of benzene rings is 1. The summed E-state index contributed by atoms with van der Waals surface area (Å²) in [4.78, 5) is 14.2. The summed E-state index contributed by atoms with van der Waals surface area (Å²) in [6.07, 6.45) is 4.24. The van der Waals surface area contributed by atoms with Gasteiger partial charge in [0, 0.05) is 12.8 Å². The standard InChI is InChI=1S/C19H30N2O2/c1-5-8-12-17(21(6-2)7-3)19(22)20-16-11-9-10-15-13-14(4)23-18(15)16/h9-11,14,17H,5-8,12-13H2,1-4H3,(H,20,22)/p+1/t14-,17-/m1/s1. The number of amides is 1. The maximum atomic E-state index is 12.9. The predicted octanol–water partition coefficient (Wildman–Crippen LogP) is 2.43. The summed E-state index contributed by atoms with van der Waals surface area (Å²) < 4.78 is 5.89. The van der Waals surface area contributed by atoms with Gasteiger partial charge in [-0.1, -0.05) is 25.5 Å². The first-order valence-electron chi connectivity index (χ1n) is 9.04. The van der Waals surface area contributed by atoms with Crippen LogP contribution in [0.2, 0.25) is 0 Å². The predicted molar refractivity (Wildman–Crippen MR) is 94.2 cm³/mol. The second kappa shape index (κ2) is 8.34. The molecule has 0 radical (unpaired) electrons. The number of likely N-dealkylation sites (N-methyl/N-ethyl adjacent to an activating group) is 1. The average Bonchev–Trinajstić information content (AvgIpc) is 2.92. The molecule has 0 saturated heterocycles. The summed E-state index contributed by atoms with van der Waals surface area (Å²) in [5.41, 5.74) is 2.01. The summed E-state index contributed by atoms with van der Waals surface area (Å²) in [6, 6.07) is 6.04. The van der Waals surface area contributed by atoms with E-state index in [2.05, 4.69) is 39.1 Å². The third kappa shape index (κ3) is 4.25. The van der Waals surface area contributed by atoms with Crippen molar-refractivity contribution in [2.24, 2.45) is 0 Å². The zero-order valence-corrected chi connectivity index (χ0v) is 14.9. The molecule has 4 heteroatoms. The molecule has 0 fully saturated rings. The van der Waals surface area contributed by atoms with Gasteiger partial charge in [0.1, 0.15) is 11.9 Å².